The summed E-state index contributed by atoms with van der Waals surface area (Å²) in [6.45, 7) is 5.80. The van der Waals surface area contributed by atoms with Gasteiger partial charge in [-0.05, 0) is 57.5 Å². The summed E-state index contributed by atoms with van der Waals surface area (Å²) in [6.07, 6.45) is 0.314. The SMILES string of the molecule is CC(C)(C)OC(=O)NCCC(=O)Nc1cccc(NC(=O)CCCOc2ccccc2Cl)c1. The lowest BCUT2D eigenvalue weighted by Gasteiger charge is -2.19. The highest BCUT2D eigenvalue weighted by Crippen LogP contribution is 2.23. The van der Waals surface area contributed by atoms with Crippen molar-refractivity contribution in [1.29, 1.82) is 0 Å². The van der Waals surface area contributed by atoms with E-state index in [1.807, 2.05) is 12.1 Å². The lowest BCUT2D eigenvalue weighted by atomic mass is 10.2. The van der Waals surface area contributed by atoms with Gasteiger partial charge in [-0.2, -0.15) is 0 Å². The zero-order valence-electron chi connectivity index (χ0n) is 19.1. The van der Waals surface area contributed by atoms with Crippen molar-refractivity contribution in [3.8, 4) is 5.75 Å². The number of nitrogens with one attached hydrogen (secondary N) is 3. The molecule has 0 atom stereocenters. The molecule has 0 saturated carbocycles. The van der Waals surface area contributed by atoms with E-state index in [4.69, 9.17) is 21.1 Å². The van der Waals surface area contributed by atoms with E-state index in [0.717, 1.165) is 0 Å². The number of hydrogen-bond donors (Lipinski definition) is 3. The number of carbonyl (C=O) groups excluding carboxylic acids is 3. The van der Waals surface area contributed by atoms with E-state index >= 15 is 0 Å². The van der Waals surface area contributed by atoms with Gasteiger partial charge in [-0.1, -0.05) is 29.8 Å². The molecule has 0 spiro atoms. The summed E-state index contributed by atoms with van der Waals surface area (Å²) < 4.78 is 10.7. The largest absolute Gasteiger partial charge is 0.492 e. The second-order valence-corrected chi connectivity index (χ2v) is 8.65. The highest BCUT2D eigenvalue weighted by Gasteiger charge is 2.16. The number of hydrogen-bond acceptors (Lipinski definition) is 5. The Bertz CT molecular complexity index is 959. The van der Waals surface area contributed by atoms with Crippen molar-refractivity contribution in [2.75, 3.05) is 23.8 Å². The third kappa shape index (κ3) is 10.7. The fourth-order valence-corrected chi connectivity index (χ4v) is 2.88. The molecule has 2 rings (SSSR count). The number of amides is 3. The minimum absolute atomic E-state index is 0.0846. The maximum atomic E-state index is 12.2. The van der Waals surface area contributed by atoms with Crippen molar-refractivity contribution in [3.63, 3.8) is 0 Å². The molecule has 0 bridgehead atoms. The number of para-hydroxylation sites is 1. The van der Waals surface area contributed by atoms with Crippen LogP contribution in [0.25, 0.3) is 0 Å². The number of ether oxygens (including phenoxy) is 2. The monoisotopic (exact) mass is 475 g/mol. The topological polar surface area (TPSA) is 106 Å². The van der Waals surface area contributed by atoms with Crippen LogP contribution in [-0.4, -0.2) is 36.7 Å². The average Bonchev–Trinajstić information content (AvgIpc) is 2.71. The highest BCUT2D eigenvalue weighted by molar-refractivity contribution is 6.32. The van der Waals surface area contributed by atoms with Crippen LogP contribution in [0, 0.1) is 0 Å². The standard InChI is InChI=1S/C24H30ClN3O5/c1-24(2,3)33-23(31)26-14-13-22(30)28-18-9-6-8-17(16-18)27-21(29)12-7-15-32-20-11-5-4-10-19(20)25/h4-6,8-11,16H,7,12-15H2,1-3H3,(H,26,31)(H,27,29)(H,28,30). The summed E-state index contributed by atoms with van der Waals surface area (Å²) in [6, 6.07) is 14.0. The molecule has 178 valence electrons. The first-order chi connectivity index (χ1) is 15.6. The number of benzene rings is 2. The molecule has 0 fully saturated rings. The molecule has 33 heavy (non-hydrogen) atoms. The summed E-state index contributed by atoms with van der Waals surface area (Å²) in [4.78, 5) is 35.9. The first-order valence-corrected chi connectivity index (χ1v) is 11.0. The van der Waals surface area contributed by atoms with Gasteiger partial charge >= 0.3 is 6.09 Å². The molecular weight excluding hydrogens is 446 g/mol. The van der Waals surface area contributed by atoms with Crippen LogP contribution in [0.3, 0.4) is 0 Å². The predicted molar refractivity (Wildman–Crippen MR) is 129 cm³/mol. The normalized spacial score (nSPS) is 10.8. The van der Waals surface area contributed by atoms with Crippen LogP contribution in [-0.2, 0) is 14.3 Å². The molecule has 0 aliphatic carbocycles. The smallest absolute Gasteiger partial charge is 0.407 e. The van der Waals surface area contributed by atoms with Gasteiger partial charge < -0.3 is 25.4 Å². The molecular formula is C24H30ClN3O5. The van der Waals surface area contributed by atoms with E-state index in [1.165, 1.54) is 0 Å². The molecule has 0 saturated heterocycles. The summed E-state index contributed by atoms with van der Waals surface area (Å²) in [5, 5.41) is 8.60. The zero-order valence-corrected chi connectivity index (χ0v) is 19.8. The fourth-order valence-electron chi connectivity index (χ4n) is 2.69. The summed E-state index contributed by atoms with van der Waals surface area (Å²) in [5.74, 6) is 0.151. The molecule has 9 heteroatoms. The number of alkyl carbamates (subject to hydrolysis) is 1. The molecule has 0 aliphatic rings. The number of halogens is 1. The summed E-state index contributed by atoms with van der Waals surface area (Å²) in [5.41, 5.74) is 0.508. The minimum atomic E-state index is -0.597. The molecule has 3 amide bonds. The highest BCUT2D eigenvalue weighted by atomic mass is 35.5. The van der Waals surface area contributed by atoms with E-state index in [0.29, 0.717) is 35.2 Å². The first kappa shape index (κ1) is 26.0. The van der Waals surface area contributed by atoms with Gasteiger partial charge in [0.2, 0.25) is 11.8 Å². The fraction of sp³-hybridized carbons (Fsp3) is 0.375. The summed E-state index contributed by atoms with van der Waals surface area (Å²) in [7, 11) is 0. The van der Waals surface area contributed by atoms with Crippen LogP contribution in [0.2, 0.25) is 5.02 Å². The third-order valence-corrected chi connectivity index (χ3v) is 4.41. The molecule has 0 unspecified atom stereocenters. The lowest BCUT2D eigenvalue weighted by Crippen LogP contribution is -2.34. The second kappa shape index (κ2) is 12.7. The molecule has 0 radical (unpaired) electrons. The van der Waals surface area contributed by atoms with Gasteiger partial charge in [0.25, 0.3) is 0 Å². The van der Waals surface area contributed by atoms with Crippen molar-refractivity contribution in [1.82, 2.24) is 5.32 Å². The number of rotatable bonds is 10. The van der Waals surface area contributed by atoms with Crippen LogP contribution in [0.15, 0.2) is 48.5 Å². The van der Waals surface area contributed by atoms with E-state index in [1.54, 1.807) is 57.2 Å². The lowest BCUT2D eigenvalue weighted by molar-refractivity contribution is -0.117. The maximum Gasteiger partial charge on any atom is 0.407 e. The van der Waals surface area contributed by atoms with Gasteiger partial charge in [0, 0.05) is 30.8 Å². The van der Waals surface area contributed by atoms with Gasteiger partial charge in [0.15, 0.2) is 0 Å². The zero-order chi connectivity index (χ0) is 24.3. The van der Waals surface area contributed by atoms with E-state index in [9.17, 15) is 14.4 Å². The number of anilines is 2. The van der Waals surface area contributed by atoms with Gasteiger partial charge in [-0.25, -0.2) is 4.79 Å². The Morgan fingerprint density at radius 3 is 2.18 bits per heavy atom. The second-order valence-electron chi connectivity index (χ2n) is 8.24. The van der Waals surface area contributed by atoms with Gasteiger partial charge in [-0.3, -0.25) is 9.59 Å². The molecule has 0 heterocycles. The maximum absolute atomic E-state index is 12.2. The molecule has 0 aliphatic heterocycles. The van der Waals surface area contributed by atoms with E-state index in [2.05, 4.69) is 16.0 Å². The van der Waals surface area contributed by atoms with Crippen LogP contribution in [0.5, 0.6) is 5.75 Å². The van der Waals surface area contributed by atoms with Gasteiger partial charge in [0.05, 0.1) is 11.6 Å². The Hall–Kier alpha value is -3.26. The van der Waals surface area contributed by atoms with Crippen LogP contribution >= 0.6 is 11.6 Å². The Kier molecular flexibility index (Phi) is 10.00. The van der Waals surface area contributed by atoms with Crippen molar-refractivity contribution < 1.29 is 23.9 Å². The minimum Gasteiger partial charge on any atom is -0.492 e. The molecule has 2 aromatic rings. The van der Waals surface area contributed by atoms with Crippen molar-refractivity contribution in [2.45, 2.75) is 45.6 Å². The summed E-state index contributed by atoms with van der Waals surface area (Å²) >= 11 is 6.03. The van der Waals surface area contributed by atoms with Gasteiger partial charge in [-0.15, -0.1) is 0 Å². The van der Waals surface area contributed by atoms with Crippen molar-refractivity contribution >= 4 is 40.9 Å². The predicted octanol–water partition coefficient (Wildman–Crippen LogP) is 4.99. The third-order valence-electron chi connectivity index (χ3n) is 4.09. The molecule has 8 nitrogen and oxygen atoms in total. The van der Waals surface area contributed by atoms with Crippen LogP contribution in [0.4, 0.5) is 16.2 Å². The Morgan fingerprint density at radius 1 is 0.909 bits per heavy atom. The Balaban J connectivity index is 1.70. The molecule has 2 aromatic carbocycles. The van der Waals surface area contributed by atoms with Crippen LogP contribution in [0.1, 0.15) is 40.0 Å². The van der Waals surface area contributed by atoms with Gasteiger partial charge in [0.1, 0.15) is 11.4 Å². The first-order valence-electron chi connectivity index (χ1n) is 10.7. The van der Waals surface area contributed by atoms with Crippen molar-refractivity contribution in [2.24, 2.45) is 0 Å². The number of carbonyl (C=O) groups is 3. The molecule has 0 aromatic heterocycles. The van der Waals surface area contributed by atoms with E-state index in [-0.39, 0.29) is 31.2 Å². The Labute approximate surface area is 199 Å². The van der Waals surface area contributed by atoms with Crippen molar-refractivity contribution in [3.05, 3.63) is 53.6 Å². The Morgan fingerprint density at radius 2 is 1.55 bits per heavy atom. The molecule has 3 N–H and O–H groups in total. The van der Waals surface area contributed by atoms with Crippen LogP contribution < -0.4 is 20.7 Å². The van der Waals surface area contributed by atoms with E-state index < -0.39 is 11.7 Å². The average molecular weight is 476 g/mol. The quantitative estimate of drug-likeness (QED) is 0.420.